The molecule has 0 bridgehead atoms. The molecule has 4 aromatic rings. The lowest BCUT2D eigenvalue weighted by atomic mass is 10.1. The van der Waals surface area contributed by atoms with Crippen molar-refractivity contribution < 1.29 is 14.0 Å². The summed E-state index contributed by atoms with van der Waals surface area (Å²) in [6.45, 7) is 2.28. The third kappa shape index (κ3) is 6.02. The number of rotatable bonds is 8. The number of carbonyl (C=O) groups is 2. The Morgan fingerprint density at radius 2 is 1.69 bits per heavy atom. The molecule has 1 N–H and O–H groups in total. The van der Waals surface area contributed by atoms with Crippen molar-refractivity contribution in [3.8, 4) is 16.9 Å². The lowest BCUT2D eigenvalue weighted by molar-refractivity contribution is -0.116. The van der Waals surface area contributed by atoms with Crippen LogP contribution in [0.2, 0.25) is 0 Å². The van der Waals surface area contributed by atoms with Gasteiger partial charge in [0.05, 0.1) is 11.4 Å². The molecule has 1 aromatic heterocycles. The Hall–Kier alpha value is -3.78. The van der Waals surface area contributed by atoms with Crippen molar-refractivity contribution >= 4 is 33.6 Å². The number of nitrogens with one attached hydrogen (secondary N) is 1. The normalized spacial score (nSPS) is 10.7. The molecule has 1 heterocycles. The van der Waals surface area contributed by atoms with Gasteiger partial charge in [-0.1, -0.05) is 53.2 Å². The zero-order valence-corrected chi connectivity index (χ0v) is 20.7. The summed E-state index contributed by atoms with van der Waals surface area (Å²) in [4.78, 5) is 27.6. The molecule has 35 heavy (non-hydrogen) atoms. The fraction of sp³-hybridized carbons (Fsp3) is 0.148. The van der Waals surface area contributed by atoms with Crippen LogP contribution in [0.5, 0.6) is 0 Å². The first-order chi connectivity index (χ1) is 16.9. The summed E-state index contributed by atoms with van der Waals surface area (Å²) in [5.74, 6) is -0.511. The zero-order chi connectivity index (χ0) is 24.8. The van der Waals surface area contributed by atoms with E-state index in [1.165, 1.54) is 17.0 Å². The third-order valence-electron chi connectivity index (χ3n) is 5.32. The number of carbonyl (C=O) groups excluding carboxylic acids is 2. The van der Waals surface area contributed by atoms with Crippen LogP contribution in [-0.2, 0) is 4.79 Å². The number of hydrogen-bond donors (Lipinski definition) is 1. The highest BCUT2D eigenvalue weighted by Gasteiger charge is 2.20. The van der Waals surface area contributed by atoms with Gasteiger partial charge in [0.25, 0.3) is 5.91 Å². The van der Waals surface area contributed by atoms with Gasteiger partial charge >= 0.3 is 0 Å². The van der Waals surface area contributed by atoms with Gasteiger partial charge in [-0.25, -0.2) is 9.07 Å². The topological polar surface area (TPSA) is 67.2 Å². The molecule has 8 heteroatoms. The van der Waals surface area contributed by atoms with Crippen LogP contribution in [0.15, 0.2) is 89.4 Å². The molecule has 0 fully saturated rings. The summed E-state index contributed by atoms with van der Waals surface area (Å²) in [6, 6.07) is 24.2. The van der Waals surface area contributed by atoms with E-state index >= 15 is 0 Å². The minimum absolute atomic E-state index is 0.113. The first-order valence-corrected chi connectivity index (χ1v) is 12.0. The molecule has 0 atom stereocenters. The smallest absolute Gasteiger partial charge is 0.254 e. The standard InChI is InChI=1S/C27H24BrFN4O2/c1-2-16-32(27(35)20-8-10-21(28)11-9-20)18-26(34)30-25-17-24(19-6-4-3-5-7-19)31-33(25)23-14-12-22(29)13-15-23/h3-15,17H,2,16,18H2,1H3,(H,30,34). The predicted molar refractivity (Wildman–Crippen MR) is 138 cm³/mol. The van der Waals surface area contributed by atoms with Gasteiger partial charge in [0.15, 0.2) is 0 Å². The average Bonchev–Trinajstić information content (AvgIpc) is 3.28. The summed E-state index contributed by atoms with van der Waals surface area (Å²) < 4.78 is 15.9. The van der Waals surface area contributed by atoms with E-state index < -0.39 is 0 Å². The van der Waals surface area contributed by atoms with Crippen LogP contribution >= 0.6 is 15.9 Å². The van der Waals surface area contributed by atoms with Crippen LogP contribution in [0.1, 0.15) is 23.7 Å². The average molecular weight is 535 g/mol. The SMILES string of the molecule is CCCN(CC(=O)Nc1cc(-c2ccccc2)nn1-c1ccc(F)cc1)C(=O)c1ccc(Br)cc1. The Morgan fingerprint density at radius 3 is 2.34 bits per heavy atom. The highest BCUT2D eigenvalue weighted by molar-refractivity contribution is 9.10. The molecule has 0 aliphatic carbocycles. The molecule has 0 aliphatic rings. The monoisotopic (exact) mass is 534 g/mol. The molecule has 0 spiro atoms. The maximum atomic E-state index is 13.5. The number of hydrogen-bond acceptors (Lipinski definition) is 3. The van der Waals surface area contributed by atoms with Crippen LogP contribution in [0.25, 0.3) is 16.9 Å². The number of aromatic nitrogens is 2. The highest BCUT2D eigenvalue weighted by atomic mass is 79.9. The molecule has 178 valence electrons. The maximum absolute atomic E-state index is 13.5. The van der Waals surface area contributed by atoms with Gasteiger partial charge in [0, 0.05) is 28.2 Å². The Labute approximate surface area is 211 Å². The summed E-state index contributed by atoms with van der Waals surface area (Å²) >= 11 is 3.37. The van der Waals surface area contributed by atoms with E-state index in [0.717, 1.165) is 10.0 Å². The van der Waals surface area contributed by atoms with Crippen LogP contribution in [0.3, 0.4) is 0 Å². The minimum atomic E-state index is -0.364. The van der Waals surface area contributed by atoms with Crippen LogP contribution in [0, 0.1) is 5.82 Å². The van der Waals surface area contributed by atoms with Crippen molar-refractivity contribution in [1.82, 2.24) is 14.7 Å². The van der Waals surface area contributed by atoms with Gasteiger partial charge < -0.3 is 10.2 Å². The summed E-state index contributed by atoms with van der Waals surface area (Å²) in [6.07, 6.45) is 0.710. The molecule has 0 radical (unpaired) electrons. The predicted octanol–water partition coefficient (Wildman–Crippen LogP) is 5.93. The number of anilines is 1. The molecular weight excluding hydrogens is 511 g/mol. The Bertz CT molecular complexity index is 1310. The molecule has 6 nitrogen and oxygen atoms in total. The second kappa shape index (κ2) is 11.1. The summed E-state index contributed by atoms with van der Waals surface area (Å²) in [5, 5.41) is 7.52. The quantitative estimate of drug-likeness (QED) is 0.304. The maximum Gasteiger partial charge on any atom is 0.254 e. The first kappa shape index (κ1) is 24.3. The van der Waals surface area contributed by atoms with E-state index in [4.69, 9.17) is 0 Å². The highest BCUT2D eigenvalue weighted by Crippen LogP contribution is 2.25. The third-order valence-corrected chi connectivity index (χ3v) is 5.85. The second-order valence-corrected chi connectivity index (χ2v) is 8.87. The van der Waals surface area contributed by atoms with E-state index in [2.05, 4.69) is 26.3 Å². The summed E-state index contributed by atoms with van der Waals surface area (Å²) in [7, 11) is 0. The van der Waals surface area contributed by atoms with Gasteiger partial charge in [-0.15, -0.1) is 0 Å². The van der Waals surface area contributed by atoms with E-state index in [9.17, 15) is 14.0 Å². The van der Waals surface area contributed by atoms with Crippen molar-refractivity contribution in [2.45, 2.75) is 13.3 Å². The number of nitrogens with zero attached hydrogens (tertiary/aromatic N) is 3. The number of halogens is 2. The lowest BCUT2D eigenvalue weighted by Gasteiger charge is -2.22. The fourth-order valence-electron chi connectivity index (χ4n) is 3.65. The molecule has 0 saturated heterocycles. The van der Waals surface area contributed by atoms with Crippen molar-refractivity contribution in [3.63, 3.8) is 0 Å². The minimum Gasteiger partial charge on any atom is -0.329 e. The van der Waals surface area contributed by atoms with Crippen molar-refractivity contribution in [3.05, 3.63) is 101 Å². The first-order valence-electron chi connectivity index (χ1n) is 11.2. The van der Waals surface area contributed by atoms with Gasteiger partial charge in [0.2, 0.25) is 5.91 Å². The molecular formula is C27H24BrFN4O2. The molecule has 0 saturated carbocycles. The van der Waals surface area contributed by atoms with Gasteiger partial charge in [-0.2, -0.15) is 5.10 Å². The van der Waals surface area contributed by atoms with Crippen molar-refractivity contribution in [2.75, 3.05) is 18.4 Å². The molecule has 4 rings (SSSR count). The van der Waals surface area contributed by atoms with E-state index in [1.807, 2.05) is 37.3 Å². The zero-order valence-electron chi connectivity index (χ0n) is 19.1. The molecule has 2 amide bonds. The van der Waals surface area contributed by atoms with Crippen LogP contribution in [0.4, 0.5) is 10.2 Å². The van der Waals surface area contributed by atoms with E-state index in [-0.39, 0.29) is 24.2 Å². The Kier molecular flexibility index (Phi) is 7.72. The fourth-order valence-corrected chi connectivity index (χ4v) is 3.92. The lowest BCUT2D eigenvalue weighted by Crippen LogP contribution is -2.38. The second-order valence-electron chi connectivity index (χ2n) is 7.95. The summed E-state index contributed by atoms with van der Waals surface area (Å²) in [5.41, 5.74) is 2.64. The number of amides is 2. The largest absolute Gasteiger partial charge is 0.329 e. The molecule has 0 unspecified atom stereocenters. The van der Waals surface area contributed by atoms with Crippen LogP contribution < -0.4 is 5.32 Å². The molecule has 3 aromatic carbocycles. The van der Waals surface area contributed by atoms with Crippen molar-refractivity contribution in [1.29, 1.82) is 0 Å². The molecule has 0 aliphatic heterocycles. The Morgan fingerprint density at radius 1 is 1.00 bits per heavy atom. The van der Waals surface area contributed by atoms with Crippen molar-refractivity contribution in [2.24, 2.45) is 0 Å². The van der Waals surface area contributed by atoms with Gasteiger partial charge in [0.1, 0.15) is 18.2 Å². The van der Waals surface area contributed by atoms with Gasteiger partial charge in [-0.05, 0) is 55.0 Å². The number of benzene rings is 3. The van der Waals surface area contributed by atoms with Crippen LogP contribution in [-0.4, -0.2) is 39.6 Å². The Balaban J connectivity index is 1.59. The van der Waals surface area contributed by atoms with E-state index in [1.54, 1.807) is 47.1 Å². The van der Waals surface area contributed by atoms with Gasteiger partial charge in [-0.3, -0.25) is 9.59 Å². The van der Waals surface area contributed by atoms with E-state index in [0.29, 0.717) is 35.7 Å².